The molecule has 1 nitrogen and oxygen atoms in total. The highest BCUT2D eigenvalue weighted by atomic mass is 35.5. The molecule has 0 amide bonds. The standard InChI is InChI=1S/C6H11ClF2O/c1-5(2,3)4(10)6(7,8)9/h4,10H,1-3H3. The second kappa shape index (κ2) is 2.62. The highest BCUT2D eigenvalue weighted by Crippen LogP contribution is 2.34. The summed E-state index contributed by atoms with van der Waals surface area (Å²) >= 11 is 4.58. The Morgan fingerprint density at radius 3 is 1.60 bits per heavy atom. The van der Waals surface area contributed by atoms with Crippen LogP contribution < -0.4 is 0 Å². The van der Waals surface area contributed by atoms with Gasteiger partial charge in [0.1, 0.15) is 6.10 Å². The van der Waals surface area contributed by atoms with Crippen LogP contribution in [-0.4, -0.2) is 16.6 Å². The normalized spacial score (nSPS) is 17.1. The van der Waals surface area contributed by atoms with Gasteiger partial charge >= 0.3 is 5.38 Å². The first-order valence-corrected chi connectivity index (χ1v) is 3.28. The average molecular weight is 173 g/mol. The summed E-state index contributed by atoms with van der Waals surface area (Å²) in [4.78, 5) is 0. The monoisotopic (exact) mass is 172 g/mol. The van der Waals surface area contributed by atoms with Gasteiger partial charge in [-0.3, -0.25) is 0 Å². The van der Waals surface area contributed by atoms with E-state index < -0.39 is 16.9 Å². The van der Waals surface area contributed by atoms with E-state index in [4.69, 9.17) is 5.11 Å². The van der Waals surface area contributed by atoms with Crippen LogP contribution >= 0.6 is 11.6 Å². The lowest BCUT2D eigenvalue weighted by Gasteiger charge is -2.28. The van der Waals surface area contributed by atoms with Crippen molar-refractivity contribution < 1.29 is 13.9 Å². The Bertz CT molecular complexity index is 99.9. The minimum atomic E-state index is -3.53. The van der Waals surface area contributed by atoms with Gasteiger partial charge in [-0.05, 0) is 17.0 Å². The highest BCUT2D eigenvalue weighted by Gasteiger charge is 2.43. The van der Waals surface area contributed by atoms with Gasteiger partial charge in [0.2, 0.25) is 0 Å². The van der Waals surface area contributed by atoms with Crippen molar-refractivity contribution in [2.45, 2.75) is 32.3 Å². The molecule has 0 spiro atoms. The Labute approximate surface area is 64.0 Å². The quantitative estimate of drug-likeness (QED) is 0.602. The fourth-order valence-corrected chi connectivity index (χ4v) is 0.818. The van der Waals surface area contributed by atoms with Gasteiger partial charge in [-0.2, -0.15) is 8.78 Å². The number of hydrogen-bond donors (Lipinski definition) is 1. The molecule has 0 aromatic heterocycles. The number of rotatable bonds is 1. The molecule has 0 saturated carbocycles. The predicted molar refractivity (Wildman–Crippen MR) is 36.3 cm³/mol. The Morgan fingerprint density at radius 1 is 1.30 bits per heavy atom. The molecule has 0 aliphatic heterocycles. The third-order valence-electron chi connectivity index (χ3n) is 1.13. The third kappa shape index (κ3) is 2.80. The Hall–Kier alpha value is 0.110. The molecule has 0 fully saturated rings. The summed E-state index contributed by atoms with van der Waals surface area (Å²) in [6.45, 7) is 4.48. The number of aliphatic hydroxyl groups is 1. The summed E-state index contributed by atoms with van der Waals surface area (Å²) in [6.07, 6.45) is -1.80. The number of alkyl halides is 3. The molecule has 0 aliphatic carbocycles. The molecular formula is C6H11ClF2O. The molecule has 1 unspecified atom stereocenters. The van der Waals surface area contributed by atoms with E-state index in [1.165, 1.54) is 20.8 Å². The van der Waals surface area contributed by atoms with E-state index in [9.17, 15) is 8.78 Å². The van der Waals surface area contributed by atoms with Gasteiger partial charge in [-0.1, -0.05) is 20.8 Å². The molecule has 0 aliphatic rings. The zero-order chi connectivity index (χ0) is 8.58. The van der Waals surface area contributed by atoms with Crippen LogP contribution in [0.1, 0.15) is 20.8 Å². The minimum absolute atomic E-state index is 0.884. The van der Waals surface area contributed by atoms with E-state index in [1.807, 2.05) is 0 Å². The molecule has 0 saturated heterocycles. The highest BCUT2D eigenvalue weighted by molar-refractivity contribution is 6.22. The molecule has 0 aromatic carbocycles. The lowest BCUT2D eigenvalue weighted by molar-refractivity contribution is -0.0930. The molecule has 10 heavy (non-hydrogen) atoms. The van der Waals surface area contributed by atoms with Gasteiger partial charge in [0, 0.05) is 0 Å². The van der Waals surface area contributed by atoms with E-state index in [0.717, 1.165) is 0 Å². The molecule has 1 atom stereocenters. The Balaban J connectivity index is 4.23. The molecule has 1 N–H and O–H groups in total. The molecule has 62 valence electrons. The van der Waals surface area contributed by atoms with Crippen LogP contribution in [0.4, 0.5) is 8.78 Å². The second-order valence-electron chi connectivity index (χ2n) is 3.31. The zero-order valence-electron chi connectivity index (χ0n) is 6.16. The summed E-state index contributed by atoms with van der Waals surface area (Å²) in [7, 11) is 0. The fraction of sp³-hybridized carbons (Fsp3) is 1.00. The largest absolute Gasteiger partial charge is 0.385 e. The van der Waals surface area contributed by atoms with Gasteiger partial charge in [0.05, 0.1) is 0 Å². The first kappa shape index (κ1) is 10.1. The van der Waals surface area contributed by atoms with E-state index in [0.29, 0.717) is 0 Å². The molecular weight excluding hydrogens is 162 g/mol. The van der Waals surface area contributed by atoms with Gasteiger partial charge < -0.3 is 5.11 Å². The minimum Gasteiger partial charge on any atom is -0.385 e. The van der Waals surface area contributed by atoms with Crippen molar-refractivity contribution in [2.24, 2.45) is 5.41 Å². The van der Waals surface area contributed by atoms with Crippen LogP contribution in [0.5, 0.6) is 0 Å². The van der Waals surface area contributed by atoms with Gasteiger partial charge in [0.15, 0.2) is 0 Å². The maximum Gasteiger partial charge on any atom is 0.347 e. The Kier molecular flexibility index (Phi) is 2.65. The van der Waals surface area contributed by atoms with E-state index in [2.05, 4.69) is 11.6 Å². The lowest BCUT2D eigenvalue weighted by atomic mass is 9.89. The molecule has 0 heterocycles. The maximum absolute atomic E-state index is 12.1. The van der Waals surface area contributed by atoms with Crippen molar-refractivity contribution in [3.8, 4) is 0 Å². The third-order valence-corrected chi connectivity index (χ3v) is 1.34. The smallest absolute Gasteiger partial charge is 0.347 e. The Morgan fingerprint density at radius 2 is 1.60 bits per heavy atom. The van der Waals surface area contributed by atoms with E-state index in [-0.39, 0.29) is 0 Å². The van der Waals surface area contributed by atoms with E-state index >= 15 is 0 Å². The summed E-state index contributed by atoms with van der Waals surface area (Å²) < 4.78 is 24.3. The summed E-state index contributed by atoms with van der Waals surface area (Å²) in [5.41, 5.74) is -0.884. The first-order valence-electron chi connectivity index (χ1n) is 2.90. The van der Waals surface area contributed by atoms with Crippen molar-refractivity contribution in [3.63, 3.8) is 0 Å². The fourth-order valence-electron chi connectivity index (χ4n) is 0.491. The number of halogens is 3. The molecule has 4 heteroatoms. The van der Waals surface area contributed by atoms with Crippen molar-refractivity contribution in [3.05, 3.63) is 0 Å². The van der Waals surface area contributed by atoms with Crippen molar-refractivity contribution >= 4 is 11.6 Å². The van der Waals surface area contributed by atoms with Crippen LogP contribution in [0.2, 0.25) is 0 Å². The SMILES string of the molecule is CC(C)(C)C(O)C(F)(F)Cl. The van der Waals surface area contributed by atoms with Crippen LogP contribution in [0, 0.1) is 5.41 Å². The van der Waals surface area contributed by atoms with E-state index in [1.54, 1.807) is 0 Å². The lowest BCUT2D eigenvalue weighted by Crippen LogP contribution is -2.39. The van der Waals surface area contributed by atoms with Gasteiger partial charge in [0.25, 0.3) is 0 Å². The summed E-state index contributed by atoms with van der Waals surface area (Å²) in [5.74, 6) is 0. The molecule has 0 radical (unpaired) electrons. The average Bonchev–Trinajstić information content (AvgIpc) is 1.59. The van der Waals surface area contributed by atoms with Crippen LogP contribution in [0.25, 0.3) is 0 Å². The van der Waals surface area contributed by atoms with Crippen molar-refractivity contribution in [1.82, 2.24) is 0 Å². The summed E-state index contributed by atoms with van der Waals surface area (Å²) in [5, 5.41) is 5.31. The van der Waals surface area contributed by atoms with Crippen molar-refractivity contribution in [2.75, 3.05) is 0 Å². The van der Waals surface area contributed by atoms with Gasteiger partial charge in [-0.25, -0.2) is 0 Å². The number of hydrogen-bond acceptors (Lipinski definition) is 1. The first-order chi connectivity index (χ1) is 4.15. The topological polar surface area (TPSA) is 20.2 Å². The maximum atomic E-state index is 12.1. The van der Waals surface area contributed by atoms with Crippen LogP contribution in [-0.2, 0) is 0 Å². The molecule has 0 bridgehead atoms. The summed E-state index contributed by atoms with van der Waals surface area (Å²) in [6, 6.07) is 0. The number of aliphatic hydroxyl groups excluding tert-OH is 1. The van der Waals surface area contributed by atoms with Crippen LogP contribution in [0.15, 0.2) is 0 Å². The molecule has 0 rings (SSSR count). The zero-order valence-corrected chi connectivity index (χ0v) is 6.91. The predicted octanol–water partition coefficient (Wildman–Crippen LogP) is 2.23. The van der Waals surface area contributed by atoms with Crippen LogP contribution in [0.3, 0.4) is 0 Å². The molecule has 0 aromatic rings. The van der Waals surface area contributed by atoms with Gasteiger partial charge in [-0.15, -0.1) is 0 Å². The van der Waals surface area contributed by atoms with Crippen molar-refractivity contribution in [1.29, 1.82) is 0 Å². The second-order valence-corrected chi connectivity index (χ2v) is 3.81.